The van der Waals surface area contributed by atoms with E-state index in [1.165, 1.54) is 6.07 Å². The molecule has 6 amide bonds. The van der Waals surface area contributed by atoms with Crippen LogP contribution in [0.3, 0.4) is 0 Å². The van der Waals surface area contributed by atoms with Gasteiger partial charge in [0.1, 0.15) is 5.54 Å². The number of carbonyl (C=O) groups is 5. The van der Waals surface area contributed by atoms with Crippen molar-refractivity contribution in [1.82, 2.24) is 24.3 Å². The number of alkyl halides is 3. The van der Waals surface area contributed by atoms with E-state index in [4.69, 9.17) is 10.00 Å². The van der Waals surface area contributed by atoms with E-state index in [0.717, 1.165) is 48.1 Å². The lowest BCUT2D eigenvalue weighted by atomic mass is 9.89. The Morgan fingerprint density at radius 1 is 1.00 bits per heavy atom. The second-order valence-corrected chi connectivity index (χ2v) is 17.2. The number of nitriles is 1. The van der Waals surface area contributed by atoms with E-state index < -0.39 is 34.8 Å². The summed E-state index contributed by atoms with van der Waals surface area (Å²) in [6, 6.07) is 11.4. The van der Waals surface area contributed by atoms with Gasteiger partial charge in [0.25, 0.3) is 5.91 Å². The van der Waals surface area contributed by atoms with Crippen molar-refractivity contribution < 1.29 is 41.9 Å². The van der Waals surface area contributed by atoms with Gasteiger partial charge in [0, 0.05) is 61.4 Å². The van der Waals surface area contributed by atoms with Crippen LogP contribution >= 0.6 is 11.9 Å². The molecule has 0 aromatic heterocycles. The second-order valence-electron chi connectivity index (χ2n) is 16.2. The van der Waals surface area contributed by atoms with Gasteiger partial charge in [0.05, 0.1) is 35.8 Å². The highest BCUT2D eigenvalue weighted by Gasteiger charge is 2.55. The molecule has 4 aliphatic rings. The number of carbonyl (C=O) groups excluding carboxylic acids is 5. The van der Waals surface area contributed by atoms with Gasteiger partial charge in [-0.05, 0) is 114 Å². The van der Waals surface area contributed by atoms with Crippen molar-refractivity contribution in [3.63, 3.8) is 0 Å². The van der Waals surface area contributed by atoms with Crippen LogP contribution in [0, 0.1) is 11.3 Å². The Morgan fingerprint density at radius 2 is 1.67 bits per heavy atom. The molecule has 1 unspecified atom stereocenters. The number of halogens is 3. The maximum atomic E-state index is 13.6. The third-order valence-corrected chi connectivity index (χ3v) is 12.6. The van der Waals surface area contributed by atoms with E-state index in [0.29, 0.717) is 62.8 Å². The SMILES string of the molecule is C[C@@H]1CN(CCCOC2CCC(N3C(=O)N(Sc4ccc(C#N)c(C(F)(F)F)c4)C(=O)C3(C)C)CC2)C[C@H](C)N1CC(=O)Nc1ccc(C2CCC(=O)NC2=O)cc1. The van der Waals surface area contributed by atoms with E-state index in [2.05, 4.69) is 34.3 Å². The molecule has 6 rings (SSSR count). The van der Waals surface area contributed by atoms with Crippen LogP contribution in [-0.4, -0.2) is 111 Å². The molecule has 3 heterocycles. The Bertz CT molecular complexity index is 1920. The molecular formula is C41H50F3N7O6S. The van der Waals surface area contributed by atoms with Crippen LogP contribution in [0.25, 0.3) is 0 Å². The summed E-state index contributed by atoms with van der Waals surface area (Å²) in [7, 11) is 0. The topological polar surface area (TPSA) is 155 Å². The number of nitrogens with zero attached hydrogens (tertiary/aromatic N) is 5. The van der Waals surface area contributed by atoms with E-state index in [9.17, 15) is 37.1 Å². The highest BCUT2D eigenvalue weighted by atomic mass is 32.2. The number of rotatable bonds is 12. The molecule has 0 radical (unpaired) electrons. The molecule has 2 N–H and O–H groups in total. The number of hydrogen-bond donors (Lipinski definition) is 2. The summed E-state index contributed by atoms with van der Waals surface area (Å²) in [6.07, 6.45) is -0.489. The van der Waals surface area contributed by atoms with Crippen LogP contribution in [-0.2, 0) is 30.1 Å². The molecule has 4 fully saturated rings. The number of benzene rings is 2. The van der Waals surface area contributed by atoms with Gasteiger partial charge in [0.2, 0.25) is 17.7 Å². The highest BCUT2D eigenvalue weighted by molar-refractivity contribution is 7.98. The Balaban J connectivity index is 0.907. The molecule has 13 nitrogen and oxygen atoms in total. The van der Waals surface area contributed by atoms with Crippen LogP contribution in [0.1, 0.15) is 95.2 Å². The number of piperazine rings is 1. The van der Waals surface area contributed by atoms with Crippen molar-refractivity contribution in [2.24, 2.45) is 0 Å². The van der Waals surface area contributed by atoms with E-state index in [1.807, 2.05) is 12.1 Å². The first-order valence-corrected chi connectivity index (χ1v) is 20.5. The average molecular weight is 826 g/mol. The molecule has 0 spiro atoms. The minimum Gasteiger partial charge on any atom is -0.378 e. The average Bonchev–Trinajstić information content (AvgIpc) is 3.33. The van der Waals surface area contributed by atoms with Gasteiger partial charge in [-0.25, -0.2) is 4.79 Å². The fraction of sp³-hybridized carbons (Fsp3) is 0.561. The summed E-state index contributed by atoms with van der Waals surface area (Å²) in [5.74, 6) is -1.55. The number of imide groups is 2. The van der Waals surface area contributed by atoms with E-state index in [-0.39, 0.29) is 59.3 Å². The number of urea groups is 1. The normalized spacial score (nSPS) is 25.8. The first-order chi connectivity index (χ1) is 27.5. The lowest BCUT2D eigenvalue weighted by Gasteiger charge is -2.44. The predicted octanol–water partition coefficient (Wildman–Crippen LogP) is 5.90. The lowest BCUT2D eigenvalue weighted by Crippen LogP contribution is -2.58. The van der Waals surface area contributed by atoms with Gasteiger partial charge in [0.15, 0.2) is 0 Å². The molecule has 2 aromatic rings. The third-order valence-electron chi connectivity index (χ3n) is 11.6. The molecule has 312 valence electrons. The molecule has 1 aliphatic carbocycles. The number of ether oxygens (including phenoxy) is 1. The molecule has 1 saturated carbocycles. The summed E-state index contributed by atoms with van der Waals surface area (Å²) in [5.41, 5.74) is -1.38. The highest BCUT2D eigenvalue weighted by Crippen LogP contribution is 2.42. The molecule has 17 heteroatoms. The van der Waals surface area contributed by atoms with Crippen LogP contribution in [0.5, 0.6) is 0 Å². The molecule has 3 aliphatic heterocycles. The molecule has 2 aromatic carbocycles. The first-order valence-electron chi connectivity index (χ1n) is 19.8. The molecule has 3 atom stereocenters. The lowest BCUT2D eigenvalue weighted by molar-refractivity contribution is -0.138. The predicted molar refractivity (Wildman–Crippen MR) is 209 cm³/mol. The van der Waals surface area contributed by atoms with Crippen LogP contribution < -0.4 is 10.6 Å². The summed E-state index contributed by atoms with van der Waals surface area (Å²) in [4.78, 5) is 69.9. The van der Waals surface area contributed by atoms with Crippen molar-refractivity contribution in [2.75, 3.05) is 38.1 Å². The quantitative estimate of drug-likeness (QED) is 0.115. The van der Waals surface area contributed by atoms with Gasteiger partial charge < -0.3 is 19.9 Å². The van der Waals surface area contributed by atoms with E-state index >= 15 is 0 Å². The van der Waals surface area contributed by atoms with Crippen LogP contribution in [0.15, 0.2) is 47.4 Å². The molecule has 3 saturated heterocycles. The summed E-state index contributed by atoms with van der Waals surface area (Å²) >= 11 is 0.637. The monoisotopic (exact) mass is 825 g/mol. The third kappa shape index (κ3) is 9.68. The van der Waals surface area contributed by atoms with Gasteiger partial charge in [-0.1, -0.05) is 12.1 Å². The zero-order chi connectivity index (χ0) is 41.9. The maximum absolute atomic E-state index is 13.6. The zero-order valence-corrected chi connectivity index (χ0v) is 34.0. The number of anilines is 1. The summed E-state index contributed by atoms with van der Waals surface area (Å²) in [6.45, 7) is 10.8. The van der Waals surface area contributed by atoms with Crippen molar-refractivity contribution >= 4 is 47.3 Å². The summed E-state index contributed by atoms with van der Waals surface area (Å²) in [5, 5.41) is 14.5. The van der Waals surface area contributed by atoms with Crippen molar-refractivity contribution in [3.8, 4) is 6.07 Å². The first kappa shape index (κ1) is 43.1. The standard InChI is InChI=1S/C41H50F3N7O6S/c1-25-22-48(23-26(2)49(25)24-36(53)46-29-9-6-27(7-10-29)33-16-17-35(52)47-37(33)54)18-5-19-57-31-13-11-30(12-14-31)50-39(56)51(38(55)40(50,3)4)58-32-15-8-28(21-45)34(20-32)41(42,43)44/h6-10,15,20,25-26,30-31,33H,5,11-14,16-19,22-24H2,1-4H3,(H,46,53)(H,47,52,54)/t25-,26+,30?,31?,33?. The number of nitrogens with one attached hydrogen (secondary N) is 2. The van der Waals surface area contributed by atoms with Gasteiger partial charge in [-0.15, -0.1) is 0 Å². The summed E-state index contributed by atoms with van der Waals surface area (Å²) < 4.78 is 47.8. The zero-order valence-electron chi connectivity index (χ0n) is 33.1. The molecule has 0 bridgehead atoms. The molecule has 58 heavy (non-hydrogen) atoms. The van der Waals surface area contributed by atoms with Crippen LogP contribution in [0.2, 0.25) is 0 Å². The minimum absolute atomic E-state index is 0.0135. The Morgan fingerprint density at radius 3 is 2.29 bits per heavy atom. The van der Waals surface area contributed by atoms with Gasteiger partial charge >= 0.3 is 12.2 Å². The molecular weight excluding hydrogens is 776 g/mol. The van der Waals surface area contributed by atoms with Crippen molar-refractivity contribution in [3.05, 3.63) is 59.2 Å². The van der Waals surface area contributed by atoms with Crippen molar-refractivity contribution in [1.29, 1.82) is 5.26 Å². The van der Waals surface area contributed by atoms with E-state index in [1.54, 1.807) is 36.9 Å². The number of amides is 6. The largest absolute Gasteiger partial charge is 0.417 e. The van der Waals surface area contributed by atoms with Crippen LogP contribution in [0.4, 0.5) is 23.7 Å². The number of piperidine rings is 1. The number of hydrogen-bond acceptors (Lipinski definition) is 10. The fourth-order valence-corrected chi connectivity index (χ4v) is 9.61. The smallest absolute Gasteiger partial charge is 0.378 e. The minimum atomic E-state index is -4.76. The maximum Gasteiger partial charge on any atom is 0.417 e. The Labute approximate surface area is 340 Å². The Hall–Kier alpha value is -4.50. The Kier molecular flexibility index (Phi) is 13.2. The second kappa shape index (κ2) is 17.8. The van der Waals surface area contributed by atoms with Crippen molar-refractivity contribution in [2.45, 2.75) is 119 Å². The van der Waals surface area contributed by atoms with Gasteiger partial charge in [-0.3, -0.25) is 29.4 Å². The fourth-order valence-electron chi connectivity index (χ4n) is 8.63. The van der Waals surface area contributed by atoms with Gasteiger partial charge in [-0.2, -0.15) is 22.7 Å².